The van der Waals surface area contributed by atoms with Crippen LogP contribution >= 0.6 is 0 Å². The summed E-state index contributed by atoms with van der Waals surface area (Å²) in [6.45, 7) is 12.4. The maximum atomic E-state index is 6.04. The molecule has 190 valence electrons. The fourth-order valence-corrected chi connectivity index (χ4v) is 4.34. The molecule has 8 heteroatoms. The third-order valence-corrected chi connectivity index (χ3v) is 5.91. The number of ether oxygens (including phenoxy) is 7. The van der Waals surface area contributed by atoms with Gasteiger partial charge in [0.25, 0.3) is 0 Å². The summed E-state index contributed by atoms with van der Waals surface area (Å²) < 4.78 is 41.0. The highest BCUT2D eigenvalue weighted by molar-refractivity contribution is 5.54. The van der Waals surface area contributed by atoms with Gasteiger partial charge in [0, 0.05) is 47.3 Å². The van der Waals surface area contributed by atoms with Crippen molar-refractivity contribution in [3.63, 3.8) is 0 Å². The van der Waals surface area contributed by atoms with Crippen molar-refractivity contribution in [2.24, 2.45) is 0 Å². The molecule has 3 aliphatic heterocycles. The standard InChI is InChI=1S/C27H35NO7/c1-26(2)32-22-11-5-9-20(24(22)34-26)29-15-7-13-28(17-19-18-31-19)14-8-16-30-21-10-6-12-23-25(21)35-27(3,4)33-23/h5-6,9-12,19H,7-8,13-18H2,1-4H3. The van der Waals surface area contributed by atoms with Crippen LogP contribution in [0.25, 0.3) is 0 Å². The van der Waals surface area contributed by atoms with Gasteiger partial charge in [0.2, 0.25) is 23.1 Å². The van der Waals surface area contributed by atoms with E-state index in [0.29, 0.717) is 30.8 Å². The summed E-state index contributed by atoms with van der Waals surface area (Å²) in [7, 11) is 0. The lowest BCUT2D eigenvalue weighted by molar-refractivity contribution is -0.0446. The van der Waals surface area contributed by atoms with Gasteiger partial charge < -0.3 is 38.1 Å². The third-order valence-electron chi connectivity index (χ3n) is 5.91. The van der Waals surface area contributed by atoms with E-state index < -0.39 is 11.6 Å². The van der Waals surface area contributed by atoms with Crippen LogP contribution in [0.2, 0.25) is 0 Å². The van der Waals surface area contributed by atoms with Crippen LogP contribution in [0.1, 0.15) is 40.5 Å². The number of epoxide rings is 1. The smallest absolute Gasteiger partial charge is 0.246 e. The van der Waals surface area contributed by atoms with Gasteiger partial charge in [-0.2, -0.15) is 0 Å². The summed E-state index contributed by atoms with van der Waals surface area (Å²) in [5.41, 5.74) is 0. The van der Waals surface area contributed by atoms with Crippen molar-refractivity contribution in [3.8, 4) is 34.5 Å². The van der Waals surface area contributed by atoms with Crippen molar-refractivity contribution in [1.29, 1.82) is 0 Å². The Hall–Kier alpha value is -2.84. The van der Waals surface area contributed by atoms with Crippen LogP contribution in [0.15, 0.2) is 36.4 Å². The zero-order valence-corrected chi connectivity index (χ0v) is 21.0. The summed E-state index contributed by atoms with van der Waals surface area (Å²) >= 11 is 0. The first-order valence-corrected chi connectivity index (χ1v) is 12.4. The molecule has 0 bridgehead atoms. The normalized spacial score (nSPS) is 20.2. The Morgan fingerprint density at radius 3 is 1.71 bits per heavy atom. The van der Waals surface area contributed by atoms with Crippen molar-refractivity contribution < 1.29 is 33.2 Å². The summed E-state index contributed by atoms with van der Waals surface area (Å²) in [4.78, 5) is 2.42. The molecule has 3 aliphatic rings. The van der Waals surface area contributed by atoms with Gasteiger partial charge in [-0.15, -0.1) is 0 Å². The van der Waals surface area contributed by atoms with Gasteiger partial charge >= 0.3 is 0 Å². The van der Waals surface area contributed by atoms with E-state index in [0.717, 1.165) is 62.1 Å². The van der Waals surface area contributed by atoms with Crippen molar-refractivity contribution in [2.75, 3.05) is 39.5 Å². The Bertz CT molecular complexity index is 959. The van der Waals surface area contributed by atoms with Crippen LogP contribution < -0.4 is 28.4 Å². The van der Waals surface area contributed by atoms with Crippen LogP contribution in [0.3, 0.4) is 0 Å². The predicted molar refractivity (Wildman–Crippen MR) is 130 cm³/mol. The second-order valence-electron chi connectivity index (χ2n) is 10.0. The summed E-state index contributed by atoms with van der Waals surface area (Å²) in [5.74, 6) is 2.94. The van der Waals surface area contributed by atoms with Gasteiger partial charge in [0.05, 0.1) is 25.9 Å². The molecule has 8 nitrogen and oxygen atoms in total. The minimum Gasteiger partial charge on any atom is -0.489 e. The Kier molecular flexibility index (Phi) is 6.59. The van der Waals surface area contributed by atoms with Crippen LogP contribution in [0.5, 0.6) is 34.5 Å². The van der Waals surface area contributed by atoms with Crippen LogP contribution in [0, 0.1) is 0 Å². The first kappa shape index (κ1) is 23.9. The van der Waals surface area contributed by atoms with Crippen molar-refractivity contribution in [2.45, 2.75) is 58.2 Å². The summed E-state index contributed by atoms with van der Waals surface area (Å²) in [6.07, 6.45) is 2.13. The van der Waals surface area contributed by atoms with Crippen molar-refractivity contribution >= 4 is 0 Å². The van der Waals surface area contributed by atoms with E-state index in [4.69, 9.17) is 33.2 Å². The fraction of sp³-hybridized carbons (Fsp3) is 0.556. The Balaban J connectivity index is 1.07. The first-order chi connectivity index (χ1) is 16.8. The molecule has 0 spiro atoms. The minimum atomic E-state index is -0.667. The third kappa shape index (κ3) is 6.05. The van der Waals surface area contributed by atoms with Gasteiger partial charge in [0.15, 0.2) is 23.0 Å². The van der Waals surface area contributed by atoms with Crippen molar-refractivity contribution in [3.05, 3.63) is 36.4 Å². The molecule has 0 amide bonds. The monoisotopic (exact) mass is 485 g/mol. The number of rotatable bonds is 12. The predicted octanol–water partition coefficient (Wildman–Crippen LogP) is 4.64. The second kappa shape index (κ2) is 9.66. The first-order valence-electron chi connectivity index (χ1n) is 12.4. The molecule has 0 N–H and O–H groups in total. The molecular weight excluding hydrogens is 450 g/mol. The zero-order valence-electron chi connectivity index (χ0n) is 21.0. The maximum absolute atomic E-state index is 6.04. The van der Waals surface area contributed by atoms with Crippen LogP contribution in [-0.2, 0) is 4.74 Å². The summed E-state index contributed by atoms with van der Waals surface area (Å²) in [5, 5.41) is 0. The van der Waals surface area contributed by atoms with Gasteiger partial charge in [0.1, 0.15) is 0 Å². The molecule has 0 aliphatic carbocycles. The molecule has 2 aromatic rings. The average Bonchev–Trinajstić information content (AvgIpc) is 3.46. The molecule has 1 atom stereocenters. The molecule has 35 heavy (non-hydrogen) atoms. The van der Waals surface area contributed by atoms with E-state index in [9.17, 15) is 0 Å². The molecule has 2 aromatic carbocycles. The van der Waals surface area contributed by atoms with Crippen molar-refractivity contribution in [1.82, 2.24) is 4.90 Å². The Morgan fingerprint density at radius 1 is 0.771 bits per heavy atom. The molecule has 0 saturated carbocycles. The molecule has 0 radical (unpaired) electrons. The highest BCUT2D eigenvalue weighted by Crippen LogP contribution is 2.46. The van der Waals surface area contributed by atoms with Crippen LogP contribution in [-0.4, -0.2) is 62.0 Å². The lowest BCUT2D eigenvalue weighted by Crippen LogP contribution is -2.31. The van der Waals surface area contributed by atoms with E-state index in [2.05, 4.69) is 4.90 Å². The van der Waals surface area contributed by atoms with E-state index in [1.807, 2.05) is 64.1 Å². The highest BCUT2D eigenvalue weighted by Gasteiger charge is 2.35. The molecule has 3 heterocycles. The lowest BCUT2D eigenvalue weighted by atomic mass is 10.3. The van der Waals surface area contributed by atoms with E-state index in [1.165, 1.54) is 0 Å². The van der Waals surface area contributed by atoms with Gasteiger partial charge in [-0.05, 0) is 37.1 Å². The number of nitrogens with zero attached hydrogens (tertiary/aromatic N) is 1. The summed E-state index contributed by atoms with van der Waals surface area (Å²) in [6, 6.07) is 11.5. The number of para-hydroxylation sites is 2. The molecule has 5 rings (SSSR count). The molecule has 1 unspecified atom stereocenters. The quantitative estimate of drug-likeness (QED) is 0.318. The number of hydrogen-bond acceptors (Lipinski definition) is 8. The fourth-order valence-electron chi connectivity index (χ4n) is 4.34. The van der Waals surface area contributed by atoms with Gasteiger partial charge in [-0.1, -0.05) is 12.1 Å². The maximum Gasteiger partial charge on any atom is 0.246 e. The largest absolute Gasteiger partial charge is 0.489 e. The van der Waals surface area contributed by atoms with E-state index in [1.54, 1.807) is 0 Å². The number of benzene rings is 2. The SMILES string of the molecule is CC1(C)Oc2cccc(OCCCN(CCCOc3cccc4c3OC(C)(C)O4)CC3CO3)c2O1. The Morgan fingerprint density at radius 2 is 1.26 bits per heavy atom. The molecule has 1 fully saturated rings. The molecule has 0 aromatic heterocycles. The van der Waals surface area contributed by atoms with E-state index >= 15 is 0 Å². The molecule has 1 saturated heterocycles. The average molecular weight is 486 g/mol. The highest BCUT2D eigenvalue weighted by atomic mass is 16.7. The number of hydrogen-bond donors (Lipinski definition) is 0. The molecular formula is C27H35NO7. The lowest BCUT2D eigenvalue weighted by Gasteiger charge is -2.22. The van der Waals surface area contributed by atoms with E-state index in [-0.39, 0.29) is 0 Å². The second-order valence-corrected chi connectivity index (χ2v) is 10.0. The number of fused-ring (bicyclic) bond motifs is 2. The minimum absolute atomic E-state index is 0.340. The topological polar surface area (TPSA) is 71.2 Å². The van der Waals surface area contributed by atoms with Crippen LogP contribution in [0.4, 0.5) is 0 Å². The van der Waals surface area contributed by atoms with Gasteiger partial charge in [-0.25, -0.2) is 0 Å². The van der Waals surface area contributed by atoms with Gasteiger partial charge in [-0.3, -0.25) is 0 Å². The Labute approximate surface area is 206 Å². The zero-order chi connectivity index (χ0) is 24.5.